The van der Waals surface area contributed by atoms with Crippen LogP contribution in [0.15, 0.2) is 42.0 Å². The van der Waals surface area contributed by atoms with Crippen molar-refractivity contribution < 1.29 is 24.0 Å². The van der Waals surface area contributed by atoms with E-state index < -0.39 is 17.5 Å². The lowest BCUT2D eigenvalue weighted by molar-refractivity contribution is -0.384. The fourth-order valence-electron chi connectivity index (χ4n) is 3.52. The van der Waals surface area contributed by atoms with Crippen molar-refractivity contribution in [2.75, 3.05) is 24.7 Å². The van der Waals surface area contributed by atoms with Gasteiger partial charge in [0.25, 0.3) is 11.6 Å². The number of nitro benzene ring substituents is 1. The summed E-state index contributed by atoms with van der Waals surface area (Å²) in [4.78, 5) is 37.1. The third-order valence-electron chi connectivity index (χ3n) is 4.97. The number of nitro groups is 1. The second kappa shape index (κ2) is 8.16. The Balaban J connectivity index is 1.43. The van der Waals surface area contributed by atoms with E-state index in [0.717, 1.165) is 5.56 Å². The summed E-state index contributed by atoms with van der Waals surface area (Å²) in [6.45, 7) is 0.0613. The van der Waals surface area contributed by atoms with Crippen molar-refractivity contribution in [3.8, 4) is 5.75 Å². The van der Waals surface area contributed by atoms with Crippen molar-refractivity contribution in [2.24, 2.45) is 0 Å². The fraction of sp³-hybridized carbons (Fsp3) is 0.238. The van der Waals surface area contributed by atoms with Crippen molar-refractivity contribution >= 4 is 40.9 Å². The van der Waals surface area contributed by atoms with E-state index in [9.17, 15) is 19.7 Å². The first-order valence-electron chi connectivity index (χ1n) is 9.30. The minimum atomic E-state index is -0.644. The molecule has 0 bridgehead atoms. The summed E-state index contributed by atoms with van der Waals surface area (Å²) < 4.78 is 10.7. The van der Waals surface area contributed by atoms with Crippen LogP contribution in [0.25, 0.3) is 6.08 Å². The van der Waals surface area contributed by atoms with E-state index >= 15 is 0 Å². The number of halogens is 1. The van der Waals surface area contributed by atoms with Crippen LogP contribution in [-0.4, -0.2) is 36.6 Å². The molecule has 4 rings (SSSR count). The Bertz CT molecular complexity index is 1080. The molecule has 0 radical (unpaired) electrons. The zero-order chi connectivity index (χ0) is 21.3. The van der Waals surface area contributed by atoms with Crippen molar-refractivity contribution in [3.63, 3.8) is 0 Å². The van der Waals surface area contributed by atoms with Gasteiger partial charge in [0.1, 0.15) is 12.4 Å². The number of nitrogens with zero attached hydrogens (tertiary/aromatic N) is 2. The molecule has 0 fully saturated rings. The Morgan fingerprint density at radius 3 is 2.87 bits per heavy atom. The van der Waals surface area contributed by atoms with Gasteiger partial charge in [0.15, 0.2) is 6.61 Å². The van der Waals surface area contributed by atoms with Crippen LogP contribution < -0.4 is 9.64 Å². The third kappa shape index (κ3) is 3.99. The molecule has 30 heavy (non-hydrogen) atoms. The molecule has 0 saturated heterocycles. The summed E-state index contributed by atoms with van der Waals surface area (Å²) in [5.74, 6) is -0.417. The first-order chi connectivity index (χ1) is 14.4. The summed E-state index contributed by atoms with van der Waals surface area (Å²) in [6, 6.07) is 9.50. The van der Waals surface area contributed by atoms with E-state index in [1.165, 1.54) is 17.0 Å². The number of fused-ring (bicyclic) bond motifs is 2. The number of anilines is 1. The molecule has 0 unspecified atom stereocenters. The number of carbonyl (C=O) groups is 2. The van der Waals surface area contributed by atoms with Crippen molar-refractivity contribution in [1.82, 2.24) is 0 Å². The van der Waals surface area contributed by atoms with Crippen LogP contribution >= 0.6 is 11.6 Å². The maximum absolute atomic E-state index is 12.7. The molecule has 2 aliphatic heterocycles. The van der Waals surface area contributed by atoms with Gasteiger partial charge in [0.05, 0.1) is 10.5 Å². The molecule has 9 heteroatoms. The van der Waals surface area contributed by atoms with E-state index in [4.69, 9.17) is 21.1 Å². The zero-order valence-corrected chi connectivity index (χ0v) is 16.6. The lowest BCUT2D eigenvalue weighted by Crippen LogP contribution is -2.38. The van der Waals surface area contributed by atoms with Gasteiger partial charge in [-0.1, -0.05) is 11.6 Å². The molecule has 0 spiro atoms. The standard InChI is InChI=1S/C21H17ClN2O6/c22-16-3-6-19-14(9-16)8-15(11-29-19)21(26)30-12-20(25)23-7-1-2-13-10-17(24(27)28)4-5-18(13)23/h3-6,8-10H,1-2,7,11-12H2. The van der Waals surface area contributed by atoms with Crippen molar-refractivity contribution in [3.05, 3.63) is 68.2 Å². The van der Waals surface area contributed by atoms with E-state index in [0.29, 0.717) is 41.4 Å². The first-order valence-corrected chi connectivity index (χ1v) is 9.68. The van der Waals surface area contributed by atoms with Crippen LogP contribution in [0, 0.1) is 10.1 Å². The molecule has 2 heterocycles. The Morgan fingerprint density at radius 2 is 2.07 bits per heavy atom. The van der Waals surface area contributed by atoms with E-state index in [2.05, 4.69) is 0 Å². The summed E-state index contributed by atoms with van der Waals surface area (Å²) in [5.41, 5.74) is 2.27. The molecule has 2 aromatic carbocycles. The Morgan fingerprint density at radius 1 is 1.23 bits per heavy atom. The van der Waals surface area contributed by atoms with Crippen LogP contribution in [-0.2, 0) is 20.7 Å². The van der Waals surface area contributed by atoms with Gasteiger partial charge in [-0.3, -0.25) is 14.9 Å². The smallest absolute Gasteiger partial charge is 0.338 e. The lowest BCUT2D eigenvalue weighted by atomic mass is 10.0. The molecule has 0 atom stereocenters. The maximum Gasteiger partial charge on any atom is 0.338 e. The first kappa shape index (κ1) is 19.9. The minimum Gasteiger partial charge on any atom is -0.488 e. The number of amides is 1. The summed E-state index contributed by atoms with van der Waals surface area (Å²) in [7, 11) is 0. The third-order valence-corrected chi connectivity index (χ3v) is 5.20. The fourth-order valence-corrected chi connectivity index (χ4v) is 3.70. The number of aryl methyl sites for hydroxylation is 1. The highest BCUT2D eigenvalue weighted by molar-refractivity contribution is 6.30. The van der Waals surface area contributed by atoms with E-state index in [1.54, 1.807) is 30.3 Å². The second-order valence-corrected chi connectivity index (χ2v) is 7.37. The van der Waals surface area contributed by atoms with Gasteiger partial charge in [0, 0.05) is 35.0 Å². The average molecular weight is 429 g/mol. The number of non-ortho nitro benzene ring substituents is 1. The number of carbonyl (C=O) groups excluding carboxylic acids is 2. The highest BCUT2D eigenvalue weighted by Gasteiger charge is 2.26. The predicted octanol–water partition coefficient (Wildman–Crippen LogP) is 3.55. The Labute approximate surface area is 176 Å². The molecule has 154 valence electrons. The summed E-state index contributed by atoms with van der Waals surface area (Å²) in [6.07, 6.45) is 2.95. The van der Waals surface area contributed by atoms with E-state index in [-0.39, 0.29) is 23.8 Å². The lowest BCUT2D eigenvalue weighted by Gasteiger charge is -2.29. The molecule has 2 aliphatic rings. The normalized spacial score (nSPS) is 14.7. The largest absolute Gasteiger partial charge is 0.488 e. The average Bonchev–Trinajstić information content (AvgIpc) is 2.75. The number of ether oxygens (including phenoxy) is 2. The SMILES string of the molecule is O=C(OCC(=O)N1CCCc2cc([N+](=O)[O-])ccc21)C1=Cc2cc(Cl)ccc2OC1. The molecule has 0 saturated carbocycles. The van der Waals surface area contributed by atoms with Gasteiger partial charge in [-0.15, -0.1) is 0 Å². The number of esters is 1. The van der Waals surface area contributed by atoms with Crippen molar-refractivity contribution in [2.45, 2.75) is 12.8 Å². The van der Waals surface area contributed by atoms with Crippen LogP contribution in [0.4, 0.5) is 11.4 Å². The van der Waals surface area contributed by atoms with Gasteiger partial charge in [-0.25, -0.2) is 4.79 Å². The van der Waals surface area contributed by atoms with Crippen LogP contribution in [0.1, 0.15) is 17.5 Å². The molecule has 1 amide bonds. The van der Waals surface area contributed by atoms with Crippen LogP contribution in [0.2, 0.25) is 5.02 Å². The summed E-state index contributed by atoms with van der Waals surface area (Å²) >= 11 is 5.97. The van der Waals surface area contributed by atoms with Gasteiger partial charge >= 0.3 is 5.97 Å². The Hall–Kier alpha value is -3.39. The number of rotatable bonds is 4. The number of hydrogen-bond donors (Lipinski definition) is 0. The van der Waals surface area contributed by atoms with Crippen LogP contribution in [0.3, 0.4) is 0 Å². The number of hydrogen-bond acceptors (Lipinski definition) is 6. The zero-order valence-electron chi connectivity index (χ0n) is 15.8. The van der Waals surface area contributed by atoms with Crippen molar-refractivity contribution in [1.29, 1.82) is 0 Å². The highest BCUT2D eigenvalue weighted by atomic mass is 35.5. The van der Waals surface area contributed by atoms with Gasteiger partial charge in [0.2, 0.25) is 0 Å². The molecule has 0 aromatic heterocycles. The predicted molar refractivity (Wildman–Crippen MR) is 110 cm³/mol. The minimum absolute atomic E-state index is 0.0147. The molecular formula is C21H17ClN2O6. The van der Waals surface area contributed by atoms with Gasteiger partial charge in [-0.2, -0.15) is 0 Å². The van der Waals surface area contributed by atoms with E-state index in [1.807, 2.05) is 0 Å². The molecule has 0 N–H and O–H groups in total. The number of benzene rings is 2. The second-order valence-electron chi connectivity index (χ2n) is 6.94. The monoisotopic (exact) mass is 428 g/mol. The molecule has 0 aliphatic carbocycles. The summed E-state index contributed by atoms with van der Waals surface area (Å²) in [5, 5.41) is 11.5. The maximum atomic E-state index is 12.7. The van der Waals surface area contributed by atoms with Gasteiger partial charge < -0.3 is 14.4 Å². The van der Waals surface area contributed by atoms with Gasteiger partial charge in [-0.05, 0) is 48.7 Å². The quantitative estimate of drug-likeness (QED) is 0.419. The topological polar surface area (TPSA) is 99.0 Å². The van der Waals surface area contributed by atoms with Crippen LogP contribution in [0.5, 0.6) is 5.75 Å². The molecular weight excluding hydrogens is 412 g/mol. The molecule has 8 nitrogen and oxygen atoms in total. The Kier molecular flexibility index (Phi) is 5.41. The molecule has 2 aromatic rings. The highest BCUT2D eigenvalue weighted by Crippen LogP contribution is 2.31.